The molecule has 1 aliphatic heterocycles. The molecule has 112 valence electrons. The fraction of sp³-hybridized carbons (Fsp3) is 0.765. The quantitative estimate of drug-likeness (QED) is 0.893. The lowest BCUT2D eigenvalue weighted by molar-refractivity contribution is 0.0117. The summed E-state index contributed by atoms with van der Waals surface area (Å²) in [6.07, 6.45) is 5.27. The molecule has 0 radical (unpaired) electrons. The predicted octanol–water partition coefficient (Wildman–Crippen LogP) is 3.53. The first-order valence-corrected chi connectivity index (χ1v) is 8.96. The van der Waals surface area contributed by atoms with Crippen molar-refractivity contribution in [2.75, 3.05) is 19.6 Å². The van der Waals surface area contributed by atoms with Crippen molar-refractivity contribution in [3.05, 3.63) is 22.4 Å². The Hall–Kier alpha value is -0.380. The second kappa shape index (κ2) is 5.43. The fourth-order valence-corrected chi connectivity index (χ4v) is 4.24. The molecule has 0 spiro atoms. The van der Waals surface area contributed by atoms with Crippen molar-refractivity contribution in [2.45, 2.75) is 57.5 Å². The van der Waals surface area contributed by atoms with Crippen LogP contribution < -0.4 is 5.32 Å². The SMILES string of the molecule is CCC1(C)CNC(C)(C2CC2)CN1CCc1cccs1. The van der Waals surface area contributed by atoms with Gasteiger partial charge in [0.1, 0.15) is 0 Å². The van der Waals surface area contributed by atoms with Crippen LogP contribution in [-0.4, -0.2) is 35.6 Å². The Kier molecular flexibility index (Phi) is 3.95. The monoisotopic (exact) mass is 292 g/mol. The van der Waals surface area contributed by atoms with E-state index in [1.807, 2.05) is 11.3 Å². The molecule has 1 N–H and O–H groups in total. The van der Waals surface area contributed by atoms with Crippen molar-refractivity contribution in [3.8, 4) is 0 Å². The smallest absolute Gasteiger partial charge is 0.0309 e. The highest BCUT2D eigenvalue weighted by molar-refractivity contribution is 7.09. The summed E-state index contributed by atoms with van der Waals surface area (Å²) < 4.78 is 0. The molecule has 20 heavy (non-hydrogen) atoms. The van der Waals surface area contributed by atoms with Crippen LogP contribution in [0.5, 0.6) is 0 Å². The average molecular weight is 292 g/mol. The Morgan fingerprint density at radius 1 is 1.40 bits per heavy atom. The lowest BCUT2D eigenvalue weighted by Gasteiger charge is -2.52. The molecule has 1 aliphatic carbocycles. The molecule has 3 heteroatoms. The molecule has 1 aromatic heterocycles. The van der Waals surface area contributed by atoms with Gasteiger partial charge < -0.3 is 5.32 Å². The van der Waals surface area contributed by atoms with Crippen molar-refractivity contribution in [1.29, 1.82) is 0 Å². The highest BCUT2D eigenvalue weighted by Crippen LogP contribution is 2.43. The van der Waals surface area contributed by atoms with Gasteiger partial charge in [0, 0.05) is 35.6 Å². The highest BCUT2D eigenvalue weighted by Gasteiger charge is 2.48. The zero-order valence-electron chi connectivity index (χ0n) is 13.1. The number of nitrogens with zero attached hydrogens (tertiary/aromatic N) is 1. The minimum atomic E-state index is 0.325. The van der Waals surface area contributed by atoms with Crippen LogP contribution in [0.4, 0.5) is 0 Å². The summed E-state index contributed by atoms with van der Waals surface area (Å²) in [5.74, 6) is 0.910. The second-order valence-electron chi connectivity index (χ2n) is 7.15. The zero-order chi connectivity index (χ0) is 14.2. The van der Waals surface area contributed by atoms with Gasteiger partial charge in [-0.05, 0) is 56.9 Å². The van der Waals surface area contributed by atoms with E-state index < -0.39 is 0 Å². The molecule has 0 amide bonds. The van der Waals surface area contributed by atoms with Crippen LogP contribution in [0, 0.1) is 5.92 Å². The molecule has 2 nitrogen and oxygen atoms in total. The van der Waals surface area contributed by atoms with Crippen LogP contribution in [0.25, 0.3) is 0 Å². The molecule has 1 saturated carbocycles. The first-order chi connectivity index (χ1) is 9.56. The minimum Gasteiger partial charge on any atom is -0.308 e. The predicted molar refractivity (Wildman–Crippen MR) is 87.4 cm³/mol. The Morgan fingerprint density at radius 2 is 2.20 bits per heavy atom. The standard InChI is InChI=1S/C17H28N2S/c1-4-16(2)12-18-17(3,14-7-8-14)13-19(16)10-9-15-6-5-11-20-15/h5-6,11,14,18H,4,7-10,12-13H2,1-3H3. The maximum Gasteiger partial charge on any atom is 0.0309 e. The Balaban J connectivity index is 1.68. The van der Waals surface area contributed by atoms with E-state index in [2.05, 4.69) is 48.5 Å². The number of hydrogen-bond donors (Lipinski definition) is 1. The van der Waals surface area contributed by atoms with Gasteiger partial charge in [0.2, 0.25) is 0 Å². The molecule has 2 atom stereocenters. The Labute approximate surface area is 127 Å². The van der Waals surface area contributed by atoms with E-state index in [1.54, 1.807) is 0 Å². The first-order valence-electron chi connectivity index (χ1n) is 8.08. The largest absolute Gasteiger partial charge is 0.308 e. The van der Waals surface area contributed by atoms with E-state index in [4.69, 9.17) is 0 Å². The maximum absolute atomic E-state index is 3.88. The molecular formula is C17H28N2S. The number of piperazine rings is 1. The van der Waals surface area contributed by atoms with E-state index in [0.717, 1.165) is 12.5 Å². The van der Waals surface area contributed by atoms with Crippen molar-refractivity contribution < 1.29 is 0 Å². The molecule has 1 aromatic rings. The van der Waals surface area contributed by atoms with Crippen LogP contribution in [-0.2, 0) is 6.42 Å². The Morgan fingerprint density at radius 3 is 2.80 bits per heavy atom. The number of hydrogen-bond acceptors (Lipinski definition) is 3. The first kappa shape index (κ1) is 14.6. The third kappa shape index (κ3) is 2.81. The van der Waals surface area contributed by atoms with Gasteiger partial charge in [0.25, 0.3) is 0 Å². The summed E-state index contributed by atoms with van der Waals surface area (Å²) in [7, 11) is 0. The lowest BCUT2D eigenvalue weighted by Crippen LogP contribution is -2.69. The molecule has 2 fully saturated rings. The molecule has 2 unspecified atom stereocenters. The summed E-state index contributed by atoms with van der Waals surface area (Å²) >= 11 is 1.90. The third-order valence-electron chi connectivity index (χ3n) is 5.60. The minimum absolute atomic E-state index is 0.325. The van der Waals surface area contributed by atoms with Crippen LogP contribution in [0.2, 0.25) is 0 Å². The third-order valence-corrected chi connectivity index (χ3v) is 6.54. The summed E-state index contributed by atoms with van der Waals surface area (Å²) in [4.78, 5) is 4.29. The number of thiophene rings is 1. The Bertz CT molecular complexity index is 440. The molecule has 2 heterocycles. The van der Waals surface area contributed by atoms with Crippen molar-refractivity contribution >= 4 is 11.3 Å². The normalized spacial score (nSPS) is 35.4. The van der Waals surface area contributed by atoms with Gasteiger partial charge in [-0.15, -0.1) is 11.3 Å². The van der Waals surface area contributed by atoms with E-state index in [0.29, 0.717) is 11.1 Å². The van der Waals surface area contributed by atoms with Gasteiger partial charge >= 0.3 is 0 Å². The molecule has 0 bridgehead atoms. The van der Waals surface area contributed by atoms with E-state index in [1.165, 1.54) is 43.6 Å². The highest BCUT2D eigenvalue weighted by atomic mass is 32.1. The zero-order valence-corrected chi connectivity index (χ0v) is 13.9. The topological polar surface area (TPSA) is 15.3 Å². The molecular weight excluding hydrogens is 264 g/mol. The number of nitrogens with one attached hydrogen (secondary N) is 1. The van der Waals surface area contributed by atoms with Crippen molar-refractivity contribution in [1.82, 2.24) is 10.2 Å². The van der Waals surface area contributed by atoms with Gasteiger partial charge in [-0.25, -0.2) is 0 Å². The summed E-state index contributed by atoms with van der Waals surface area (Å²) in [6, 6.07) is 4.45. The van der Waals surface area contributed by atoms with Gasteiger partial charge in [-0.2, -0.15) is 0 Å². The van der Waals surface area contributed by atoms with Crippen LogP contribution in [0.15, 0.2) is 17.5 Å². The van der Waals surface area contributed by atoms with Crippen LogP contribution in [0.1, 0.15) is 44.9 Å². The maximum atomic E-state index is 3.88. The average Bonchev–Trinajstić information content (AvgIpc) is 3.19. The molecule has 2 aliphatic rings. The van der Waals surface area contributed by atoms with E-state index >= 15 is 0 Å². The van der Waals surface area contributed by atoms with Crippen LogP contribution >= 0.6 is 11.3 Å². The molecule has 1 saturated heterocycles. The second-order valence-corrected chi connectivity index (χ2v) is 8.18. The summed E-state index contributed by atoms with van der Waals surface area (Å²) in [5.41, 5.74) is 0.676. The van der Waals surface area contributed by atoms with E-state index in [9.17, 15) is 0 Å². The number of rotatable bonds is 5. The summed E-state index contributed by atoms with van der Waals surface area (Å²) in [6.45, 7) is 10.8. The fourth-order valence-electron chi connectivity index (χ4n) is 3.54. The van der Waals surface area contributed by atoms with Crippen molar-refractivity contribution in [2.24, 2.45) is 5.92 Å². The summed E-state index contributed by atoms with van der Waals surface area (Å²) in [5, 5.41) is 6.08. The van der Waals surface area contributed by atoms with Crippen molar-refractivity contribution in [3.63, 3.8) is 0 Å². The lowest BCUT2D eigenvalue weighted by atomic mass is 9.84. The van der Waals surface area contributed by atoms with Crippen LogP contribution in [0.3, 0.4) is 0 Å². The molecule has 0 aromatic carbocycles. The van der Waals surface area contributed by atoms with Gasteiger partial charge in [-0.1, -0.05) is 13.0 Å². The van der Waals surface area contributed by atoms with Gasteiger partial charge in [0.15, 0.2) is 0 Å². The molecule has 3 rings (SSSR count). The van der Waals surface area contributed by atoms with Gasteiger partial charge in [-0.3, -0.25) is 4.90 Å². The van der Waals surface area contributed by atoms with E-state index in [-0.39, 0.29) is 0 Å². The van der Waals surface area contributed by atoms with Gasteiger partial charge in [0.05, 0.1) is 0 Å².